The summed E-state index contributed by atoms with van der Waals surface area (Å²) in [6.45, 7) is 0. The van der Waals surface area contributed by atoms with Gasteiger partial charge in [-0.1, -0.05) is 12.1 Å². The first-order chi connectivity index (χ1) is 13.2. The SMILES string of the molecule is O=C(Nc1nc(-c2cccs2)cs1)c1ccc(NC(=O)c2cccs2)cc1. The average Bonchev–Trinajstić information content (AvgIpc) is 3.43. The Kier molecular flexibility index (Phi) is 5.10. The summed E-state index contributed by atoms with van der Waals surface area (Å²) in [5, 5.41) is 11.9. The minimum absolute atomic E-state index is 0.161. The molecule has 8 heteroatoms. The maximum Gasteiger partial charge on any atom is 0.265 e. The Labute approximate surface area is 167 Å². The molecule has 0 radical (unpaired) electrons. The highest BCUT2D eigenvalue weighted by Gasteiger charge is 2.11. The van der Waals surface area contributed by atoms with Crippen molar-refractivity contribution in [3.8, 4) is 10.6 Å². The van der Waals surface area contributed by atoms with Crippen molar-refractivity contribution in [1.82, 2.24) is 4.98 Å². The molecule has 2 N–H and O–H groups in total. The first kappa shape index (κ1) is 17.6. The molecule has 0 atom stereocenters. The fraction of sp³-hybridized carbons (Fsp3) is 0. The summed E-state index contributed by atoms with van der Waals surface area (Å²) in [6.07, 6.45) is 0. The molecule has 0 aliphatic heterocycles. The number of amides is 2. The largest absolute Gasteiger partial charge is 0.321 e. The van der Waals surface area contributed by atoms with Gasteiger partial charge in [0, 0.05) is 16.6 Å². The molecular weight excluding hydrogens is 398 g/mol. The van der Waals surface area contributed by atoms with E-state index in [1.165, 1.54) is 22.7 Å². The van der Waals surface area contributed by atoms with Crippen molar-refractivity contribution in [2.75, 3.05) is 10.6 Å². The number of hydrogen-bond donors (Lipinski definition) is 2. The van der Waals surface area contributed by atoms with E-state index in [0.29, 0.717) is 21.3 Å². The molecule has 0 saturated heterocycles. The number of thiazole rings is 1. The highest BCUT2D eigenvalue weighted by molar-refractivity contribution is 7.16. The molecule has 27 heavy (non-hydrogen) atoms. The highest BCUT2D eigenvalue weighted by Crippen LogP contribution is 2.28. The normalized spacial score (nSPS) is 10.5. The van der Waals surface area contributed by atoms with Gasteiger partial charge < -0.3 is 5.32 Å². The van der Waals surface area contributed by atoms with Gasteiger partial charge in [-0.15, -0.1) is 34.0 Å². The van der Waals surface area contributed by atoms with Crippen molar-refractivity contribution in [3.63, 3.8) is 0 Å². The molecule has 0 unspecified atom stereocenters. The van der Waals surface area contributed by atoms with E-state index < -0.39 is 0 Å². The van der Waals surface area contributed by atoms with E-state index >= 15 is 0 Å². The molecule has 3 heterocycles. The Morgan fingerprint density at radius 3 is 2.30 bits per heavy atom. The molecule has 2 amide bonds. The predicted molar refractivity (Wildman–Crippen MR) is 112 cm³/mol. The molecule has 0 aliphatic rings. The number of rotatable bonds is 5. The van der Waals surface area contributed by atoms with Crippen LogP contribution < -0.4 is 10.6 Å². The molecule has 4 aromatic rings. The van der Waals surface area contributed by atoms with Crippen LogP contribution in [0.1, 0.15) is 20.0 Å². The van der Waals surface area contributed by atoms with Gasteiger partial charge in [0.2, 0.25) is 0 Å². The van der Waals surface area contributed by atoms with Crippen LogP contribution in [-0.4, -0.2) is 16.8 Å². The number of anilines is 2. The molecular formula is C19H13N3O2S3. The minimum atomic E-state index is -0.238. The second-order valence-corrected chi connectivity index (χ2v) is 8.23. The third-order valence-corrected chi connectivity index (χ3v) is 6.17. The number of carbonyl (C=O) groups is 2. The van der Waals surface area contributed by atoms with E-state index in [0.717, 1.165) is 10.6 Å². The number of thiophene rings is 2. The van der Waals surface area contributed by atoms with Gasteiger partial charge in [0.1, 0.15) is 0 Å². The Bertz CT molecular complexity index is 1050. The predicted octanol–water partition coefficient (Wildman–Crippen LogP) is 5.44. The molecule has 0 aliphatic carbocycles. The number of nitrogens with zero attached hydrogens (tertiary/aromatic N) is 1. The van der Waals surface area contributed by atoms with Crippen molar-refractivity contribution in [1.29, 1.82) is 0 Å². The highest BCUT2D eigenvalue weighted by atomic mass is 32.1. The number of nitrogens with one attached hydrogen (secondary N) is 2. The van der Waals surface area contributed by atoms with Crippen LogP contribution in [0.3, 0.4) is 0 Å². The topological polar surface area (TPSA) is 71.1 Å². The van der Waals surface area contributed by atoms with Crippen molar-refractivity contribution < 1.29 is 9.59 Å². The van der Waals surface area contributed by atoms with Gasteiger partial charge in [-0.25, -0.2) is 4.98 Å². The van der Waals surface area contributed by atoms with Gasteiger partial charge in [0.05, 0.1) is 15.4 Å². The van der Waals surface area contributed by atoms with Gasteiger partial charge in [-0.2, -0.15) is 0 Å². The van der Waals surface area contributed by atoms with Gasteiger partial charge in [0.25, 0.3) is 11.8 Å². The smallest absolute Gasteiger partial charge is 0.265 e. The lowest BCUT2D eigenvalue weighted by molar-refractivity contribution is 0.102. The third kappa shape index (κ3) is 4.13. The van der Waals surface area contributed by atoms with E-state index in [-0.39, 0.29) is 11.8 Å². The van der Waals surface area contributed by atoms with E-state index in [9.17, 15) is 9.59 Å². The van der Waals surface area contributed by atoms with Crippen LogP contribution >= 0.6 is 34.0 Å². The van der Waals surface area contributed by atoms with E-state index in [4.69, 9.17) is 0 Å². The lowest BCUT2D eigenvalue weighted by Crippen LogP contribution is -2.13. The summed E-state index contributed by atoms with van der Waals surface area (Å²) in [6, 6.07) is 14.3. The minimum Gasteiger partial charge on any atom is -0.321 e. The molecule has 1 aromatic carbocycles. The summed E-state index contributed by atoms with van der Waals surface area (Å²) in [7, 11) is 0. The maximum atomic E-state index is 12.4. The second-order valence-electron chi connectivity index (χ2n) is 5.48. The zero-order valence-corrected chi connectivity index (χ0v) is 16.3. The quantitative estimate of drug-likeness (QED) is 0.459. The second kappa shape index (κ2) is 7.83. The molecule has 4 rings (SSSR count). The standard InChI is InChI=1S/C19H13N3O2S3/c23-17(22-19-21-14(11-27-19)15-3-1-9-25-15)12-5-7-13(8-6-12)20-18(24)16-4-2-10-26-16/h1-11H,(H,20,24)(H,21,22,23). The van der Waals surface area contributed by atoms with Gasteiger partial charge in [-0.05, 0) is 47.2 Å². The Balaban J connectivity index is 1.40. The van der Waals surface area contributed by atoms with Crippen molar-refractivity contribution >= 4 is 56.6 Å². The summed E-state index contributed by atoms with van der Waals surface area (Å²) >= 11 is 4.38. The summed E-state index contributed by atoms with van der Waals surface area (Å²) < 4.78 is 0. The van der Waals surface area contributed by atoms with Crippen LogP contribution in [0.2, 0.25) is 0 Å². The number of hydrogen-bond acceptors (Lipinski definition) is 6. The van der Waals surface area contributed by atoms with Crippen LogP contribution in [0.15, 0.2) is 64.7 Å². The molecule has 134 valence electrons. The summed E-state index contributed by atoms with van der Waals surface area (Å²) in [5.41, 5.74) is 1.99. The monoisotopic (exact) mass is 411 g/mol. The van der Waals surface area contributed by atoms with Crippen LogP contribution in [0.4, 0.5) is 10.8 Å². The average molecular weight is 412 g/mol. The van der Waals surface area contributed by atoms with Crippen molar-refractivity contribution in [2.45, 2.75) is 0 Å². The van der Waals surface area contributed by atoms with Crippen LogP contribution in [0.5, 0.6) is 0 Å². The van der Waals surface area contributed by atoms with E-state index in [1.807, 2.05) is 34.3 Å². The first-order valence-electron chi connectivity index (χ1n) is 7.95. The lowest BCUT2D eigenvalue weighted by atomic mass is 10.2. The maximum absolute atomic E-state index is 12.4. The Morgan fingerprint density at radius 2 is 1.59 bits per heavy atom. The van der Waals surface area contributed by atoms with Crippen molar-refractivity contribution in [3.05, 3.63) is 75.1 Å². The van der Waals surface area contributed by atoms with Crippen LogP contribution in [0, 0.1) is 0 Å². The Hall–Kier alpha value is -2.81. The lowest BCUT2D eigenvalue weighted by Gasteiger charge is -2.05. The Morgan fingerprint density at radius 1 is 0.815 bits per heavy atom. The van der Waals surface area contributed by atoms with E-state index in [2.05, 4.69) is 15.6 Å². The first-order valence-corrected chi connectivity index (χ1v) is 10.6. The number of carbonyl (C=O) groups excluding carboxylic acids is 2. The molecule has 0 bridgehead atoms. The number of benzene rings is 1. The van der Waals surface area contributed by atoms with E-state index in [1.54, 1.807) is 41.7 Å². The molecule has 0 fully saturated rings. The fourth-order valence-electron chi connectivity index (χ4n) is 2.34. The van der Waals surface area contributed by atoms with Gasteiger partial charge >= 0.3 is 0 Å². The fourth-order valence-corrected chi connectivity index (χ4v) is 4.43. The zero-order valence-electron chi connectivity index (χ0n) is 13.8. The van der Waals surface area contributed by atoms with Gasteiger partial charge in [0.15, 0.2) is 5.13 Å². The molecule has 5 nitrogen and oxygen atoms in total. The molecule has 0 saturated carbocycles. The molecule has 0 spiro atoms. The van der Waals surface area contributed by atoms with Crippen LogP contribution in [0.25, 0.3) is 10.6 Å². The molecule has 3 aromatic heterocycles. The van der Waals surface area contributed by atoms with Crippen molar-refractivity contribution in [2.24, 2.45) is 0 Å². The summed E-state index contributed by atoms with van der Waals surface area (Å²) in [4.78, 5) is 30.6. The number of aromatic nitrogens is 1. The van der Waals surface area contributed by atoms with Crippen LogP contribution in [-0.2, 0) is 0 Å². The third-order valence-electron chi connectivity index (χ3n) is 3.65. The summed E-state index contributed by atoms with van der Waals surface area (Å²) in [5.74, 6) is -0.399. The van der Waals surface area contributed by atoms with Gasteiger partial charge in [-0.3, -0.25) is 14.9 Å². The zero-order chi connectivity index (χ0) is 18.6.